The van der Waals surface area contributed by atoms with Crippen molar-refractivity contribution in [2.75, 3.05) is 13.1 Å². The molecular weight excluding hydrogens is 196 g/mol. The Morgan fingerprint density at radius 2 is 2.19 bits per heavy atom. The van der Waals surface area contributed by atoms with Gasteiger partial charge in [-0.1, -0.05) is 26.2 Å². The van der Waals surface area contributed by atoms with Gasteiger partial charge in [0, 0.05) is 12.1 Å². The van der Waals surface area contributed by atoms with Gasteiger partial charge in [-0.25, -0.2) is 0 Å². The second-order valence-corrected chi connectivity index (χ2v) is 5.55. The maximum atomic E-state index is 3.70. The molecule has 1 rings (SSSR count). The van der Waals surface area contributed by atoms with Crippen molar-refractivity contribution < 1.29 is 0 Å². The first-order valence-electron chi connectivity index (χ1n) is 7.19. The third-order valence-electron chi connectivity index (χ3n) is 3.73. The lowest BCUT2D eigenvalue weighted by Gasteiger charge is -2.29. The second kappa shape index (κ2) is 8.08. The first-order chi connectivity index (χ1) is 7.72. The fraction of sp³-hybridized carbons (Fsp3) is 1.00. The van der Waals surface area contributed by atoms with E-state index in [-0.39, 0.29) is 0 Å². The summed E-state index contributed by atoms with van der Waals surface area (Å²) in [5, 5.41) is 7.22. The molecule has 0 bridgehead atoms. The monoisotopic (exact) mass is 226 g/mol. The highest BCUT2D eigenvalue weighted by Gasteiger charge is 2.18. The molecule has 0 aromatic heterocycles. The Labute approximate surface area is 102 Å². The van der Waals surface area contributed by atoms with Gasteiger partial charge in [-0.2, -0.15) is 0 Å². The molecule has 1 heterocycles. The van der Waals surface area contributed by atoms with Gasteiger partial charge in [-0.05, 0) is 52.1 Å². The van der Waals surface area contributed by atoms with Crippen molar-refractivity contribution in [3.8, 4) is 0 Å². The second-order valence-electron chi connectivity index (χ2n) is 5.55. The van der Waals surface area contributed by atoms with E-state index in [1.54, 1.807) is 0 Å². The van der Waals surface area contributed by atoms with Crippen LogP contribution in [0.25, 0.3) is 0 Å². The number of rotatable bonds is 7. The summed E-state index contributed by atoms with van der Waals surface area (Å²) in [5.41, 5.74) is 0. The van der Waals surface area contributed by atoms with Gasteiger partial charge >= 0.3 is 0 Å². The van der Waals surface area contributed by atoms with Crippen LogP contribution in [-0.2, 0) is 0 Å². The van der Waals surface area contributed by atoms with Gasteiger partial charge in [0.05, 0.1) is 0 Å². The Hall–Kier alpha value is -0.0800. The molecule has 1 saturated heterocycles. The van der Waals surface area contributed by atoms with Crippen LogP contribution in [0.4, 0.5) is 0 Å². The van der Waals surface area contributed by atoms with Crippen molar-refractivity contribution >= 4 is 0 Å². The largest absolute Gasteiger partial charge is 0.314 e. The van der Waals surface area contributed by atoms with E-state index in [9.17, 15) is 0 Å². The summed E-state index contributed by atoms with van der Waals surface area (Å²) >= 11 is 0. The highest BCUT2D eigenvalue weighted by atomic mass is 14.9. The normalized spacial score (nSPS) is 27.9. The summed E-state index contributed by atoms with van der Waals surface area (Å²) in [7, 11) is 0. The van der Waals surface area contributed by atoms with Crippen LogP contribution >= 0.6 is 0 Å². The minimum Gasteiger partial charge on any atom is -0.314 e. The molecule has 2 nitrogen and oxygen atoms in total. The van der Waals surface area contributed by atoms with Crippen LogP contribution < -0.4 is 10.6 Å². The molecule has 16 heavy (non-hydrogen) atoms. The highest BCUT2D eigenvalue weighted by Crippen LogP contribution is 2.15. The third kappa shape index (κ3) is 5.86. The number of unbranched alkanes of at least 4 members (excludes halogenated alkanes) is 2. The molecule has 0 aromatic carbocycles. The van der Waals surface area contributed by atoms with Crippen molar-refractivity contribution in [1.82, 2.24) is 10.6 Å². The van der Waals surface area contributed by atoms with Gasteiger partial charge in [0.25, 0.3) is 0 Å². The van der Waals surface area contributed by atoms with E-state index in [4.69, 9.17) is 0 Å². The topological polar surface area (TPSA) is 24.1 Å². The quantitative estimate of drug-likeness (QED) is 0.652. The smallest absolute Gasteiger partial charge is 0.00418 e. The molecule has 1 fully saturated rings. The summed E-state index contributed by atoms with van der Waals surface area (Å²) in [6.07, 6.45) is 8.13. The van der Waals surface area contributed by atoms with E-state index in [1.165, 1.54) is 51.6 Å². The molecule has 0 radical (unpaired) electrons. The molecular formula is C14H30N2. The number of piperidine rings is 1. The highest BCUT2D eigenvalue weighted by molar-refractivity contribution is 4.77. The minimum atomic E-state index is 0.705. The maximum Gasteiger partial charge on any atom is 0.00418 e. The van der Waals surface area contributed by atoms with Crippen molar-refractivity contribution in [1.29, 1.82) is 0 Å². The Balaban J connectivity index is 2.04. The van der Waals surface area contributed by atoms with Gasteiger partial charge in [0.1, 0.15) is 0 Å². The van der Waals surface area contributed by atoms with E-state index in [0.29, 0.717) is 6.04 Å². The van der Waals surface area contributed by atoms with Crippen LogP contribution in [0.5, 0.6) is 0 Å². The minimum absolute atomic E-state index is 0.705. The molecule has 3 atom stereocenters. The van der Waals surface area contributed by atoms with Crippen LogP contribution in [0.3, 0.4) is 0 Å². The SMILES string of the molecule is CCCCCC(C)NCC1CCNC(C)C1. The van der Waals surface area contributed by atoms with Crippen LogP contribution in [0, 0.1) is 5.92 Å². The summed E-state index contributed by atoms with van der Waals surface area (Å²) in [6.45, 7) is 9.34. The lowest BCUT2D eigenvalue weighted by atomic mass is 9.93. The zero-order valence-electron chi connectivity index (χ0n) is 11.4. The van der Waals surface area contributed by atoms with Crippen LogP contribution in [0.2, 0.25) is 0 Å². The molecule has 1 aliphatic rings. The first kappa shape index (κ1) is 14.0. The van der Waals surface area contributed by atoms with Crippen molar-refractivity contribution in [2.45, 2.75) is 71.4 Å². The number of hydrogen-bond donors (Lipinski definition) is 2. The van der Waals surface area contributed by atoms with E-state index in [1.807, 2.05) is 0 Å². The summed E-state index contributed by atoms with van der Waals surface area (Å²) in [6, 6.07) is 1.42. The van der Waals surface area contributed by atoms with E-state index < -0.39 is 0 Å². The average Bonchev–Trinajstić information content (AvgIpc) is 2.27. The number of nitrogens with one attached hydrogen (secondary N) is 2. The zero-order chi connectivity index (χ0) is 11.8. The molecule has 1 aliphatic heterocycles. The van der Waals surface area contributed by atoms with Crippen LogP contribution in [0.1, 0.15) is 59.3 Å². The predicted octanol–water partition coefficient (Wildman–Crippen LogP) is 2.93. The Bertz CT molecular complexity index is 170. The fourth-order valence-corrected chi connectivity index (χ4v) is 2.59. The van der Waals surface area contributed by atoms with Crippen LogP contribution in [0.15, 0.2) is 0 Å². The third-order valence-corrected chi connectivity index (χ3v) is 3.73. The molecule has 2 N–H and O–H groups in total. The lowest BCUT2D eigenvalue weighted by molar-refractivity contribution is 0.294. The standard InChI is InChI=1S/C14H30N2/c1-4-5-6-7-12(2)16-11-14-8-9-15-13(3)10-14/h12-16H,4-11H2,1-3H3. The molecule has 96 valence electrons. The molecule has 0 saturated carbocycles. The average molecular weight is 226 g/mol. The summed E-state index contributed by atoms with van der Waals surface area (Å²) < 4.78 is 0. The summed E-state index contributed by atoms with van der Waals surface area (Å²) in [4.78, 5) is 0. The Morgan fingerprint density at radius 3 is 2.88 bits per heavy atom. The van der Waals surface area contributed by atoms with Crippen molar-refractivity contribution in [3.05, 3.63) is 0 Å². The van der Waals surface area contributed by atoms with E-state index >= 15 is 0 Å². The predicted molar refractivity (Wildman–Crippen MR) is 71.8 cm³/mol. The van der Waals surface area contributed by atoms with Crippen molar-refractivity contribution in [3.63, 3.8) is 0 Å². The van der Waals surface area contributed by atoms with E-state index in [2.05, 4.69) is 31.4 Å². The van der Waals surface area contributed by atoms with Gasteiger partial charge in [0.2, 0.25) is 0 Å². The van der Waals surface area contributed by atoms with E-state index in [0.717, 1.165) is 12.0 Å². The fourth-order valence-electron chi connectivity index (χ4n) is 2.59. The lowest BCUT2D eigenvalue weighted by Crippen LogP contribution is -2.41. The molecule has 0 amide bonds. The van der Waals surface area contributed by atoms with Gasteiger partial charge in [0.15, 0.2) is 0 Å². The zero-order valence-corrected chi connectivity index (χ0v) is 11.4. The van der Waals surface area contributed by atoms with Gasteiger partial charge in [-0.3, -0.25) is 0 Å². The summed E-state index contributed by atoms with van der Waals surface area (Å²) in [5.74, 6) is 0.893. The van der Waals surface area contributed by atoms with Gasteiger partial charge < -0.3 is 10.6 Å². The molecule has 3 unspecified atom stereocenters. The maximum absolute atomic E-state index is 3.70. The van der Waals surface area contributed by atoms with Crippen molar-refractivity contribution in [2.24, 2.45) is 5.92 Å². The first-order valence-corrected chi connectivity index (χ1v) is 7.19. The Kier molecular flexibility index (Phi) is 7.06. The number of hydrogen-bond acceptors (Lipinski definition) is 2. The molecule has 0 aliphatic carbocycles. The van der Waals surface area contributed by atoms with Gasteiger partial charge in [-0.15, -0.1) is 0 Å². The molecule has 0 aromatic rings. The molecule has 0 spiro atoms. The molecule has 2 heteroatoms. The van der Waals surface area contributed by atoms with Crippen LogP contribution in [-0.4, -0.2) is 25.2 Å². The Morgan fingerprint density at radius 1 is 1.38 bits per heavy atom.